The quantitative estimate of drug-likeness (QED) is 0.187. The van der Waals surface area contributed by atoms with E-state index in [1.165, 1.54) is 0 Å². The fraction of sp³-hybridized carbons (Fsp3) is 0.464. The highest BCUT2D eigenvalue weighted by atomic mass is 32.3. The molecule has 1 heterocycles. The molecule has 1 aliphatic heterocycles. The Morgan fingerprint density at radius 3 is 2.49 bits per heavy atom. The molecule has 0 aromatic heterocycles. The van der Waals surface area contributed by atoms with Gasteiger partial charge < -0.3 is 19.3 Å². The molecule has 2 N–H and O–H groups in total. The minimum Gasteiger partial charge on any atom is -0.461 e. The first-order valence-electron chi connectivity index (χ1n) is 12.7. The van der Waals surface area contributed by atoms with E-state index in [9.17, 15) is 18.3 Å². The van der Waals surface area contributed by atoms with E-state index in [4.69, 9.17) is 4.74 Å². The molecule has 0 saturated carbocycles. The number of nitrogens with zero attached hydrogens (tertiary/aromatic N) is 2. The summed E-state index contributed by atoms with van der Waals surface area (Å²) in [6.07, 6.45) is 4.35. The van der Waals surface area contributed by atoms with Gasteiger partial charge in [0.1, 0.15) is 6.26 Å². The largest absolute Gasteiger partial charge is 0.461 e. The van der Waals surface area contributed by atoms with Crippen LogP contribution in [0.4, 0.5) is 21.5 Å². The summed E-state index contributed by atoms with van der Waals surface area (Å²) < 4.78 is 47.8. The zero-order valence-electron chi connectivity index (χ0n) is 22.4. The number of anilines is 3. The van der Waals surface area contributed by atoms with Crippen LogP contribution in [-0.2, 0) is 9.53 Å². The Morgan fingerprint density at radius 1 is 1.19 bits per heavy atom. The third-order valence-corrected chi connectivity index (χ3v) is 8.85. The van der Waals surface area contributed by atoms with E-state index in [1.54, 1.807) is 17.9 Å². The van der Waals surface area contributed by atoms with Crippen molar-refractivity contribution in [3.05, 3.63) is 54.6 Å². The average molecular weight is 535 g/mol. The minimum atomic E-state index is -3.24. The summed E-state index contributed by atoms with van der Waals surface area (Å²) in [6, 6.07) is 13.3. The second kappa shape index (κ2) is 12.2. The Bertz CT molecular complexity index is 1110. The molecule has 0 spiro atoms. The first-order chi connectivity index (χ1) is 17.6. The van der Waals surface area contributed by atoms with Crippen LogP contribution in [-0.4, -0.2) is 48.1 Å². The smallest absolute Gasteiger partial charge is 0.370 e. The van der Waals surface area contributed by atoms with E-state index in [2.05, 4.69) is 23.5 Å². The number of hydrogen-bond donors (Lipinski definition) is 2. The topological polar surface area (TPSA) is 82.5 Å². The highest BCUT2D eigenvalue weighted by Gasteiger charge is 2.42. The summed E-state index contributed by atoms with van der Waals surface area (Å²) in [6.45, 7) is 6.49. The molecule has 1 aliphatic rings. The summed E-state index contributed by atoms with van der Waals surface area (Å²) in [5.41, 5.74) is 1.89. The van der Waals surface area contributed by atoms with Gasteiger partial charge in [0, 0.05) is 43.6 Å². The Balaban J connectivity index is 2.20. The van der Waals surface area contributed by atoms with Gasteiger partial charge in [0.25, 0.3) is 0 Å². The highest BCUT2D eigenvalue weighted by molar-refractivity contribution is 8.24. The number of hydrogen-bond acceptors (Lipinski definition) is 7. The number of halogens is 1. The molecular formula is C28H39FN2O5S. The molecule has 1 atom stereocenters. The van der Waals surface area contributed by atoms with E-state index in [1.807, 2.05) is 50.5 Å². The predicted octanol–water partition coefficient (Wildman–Crippen LogP) is 7.35. The first kappa shape index (κ1) is 28.8. The van der Waals surface area contributed by atoms with Crippen molar-refractivity contribution in [2.45, 2.75) is 51.3 Å². The molecule has 2 aromatic rings. The lowest BCUT2D eigenvalue weighted by Crippen LogP contribution is -2.37. The van der Waals surface area contributed by atoms with Crippen molar-refractivity contribution in [3.63, 3.8) is 0 Å². The molecule has 1 unspecified atom stereocenters. The molecule has 0 aliphatic carbocycles. The SMILES string of the molecule is CCCCC1(CC)CN(c2ccccc2)c2cc(N(C)C)c(O/C=C(\F)C(=O)OCC)cc2S(O)(O)C1. The molecule has 2 aromatic carbocycles. The summed E-state index contributed by atoms with van der Waals surface area (Å²) >= 11 is 0. The first-order valence-corrected chi connectivity index (χ1v) is 14.4. The number of para-hydroxylation sites is 1. The fourth-order valence-electron chi connectivity index (χ4n) is 4.72. The van der Waals surface area contributed by atoms with Crippen LogP contribution in [0.3, 0.4) is 0 Å². The van der Waals surface area contributed by atoms with Gasteiger partial charge >= 0.3 is 5.97 Å². The summed E-state index contributed by atoms with van der Waals surface area (Å²) in [5, 5.41) is 0. The van der Waals surface area contributed by atoms with Gasteiger partial charge in [-0.25, -0.2) is 4.79 Å². The second-order valence-electron chi connectivity index (χ2n) is 9.68. The van der Waals surface area contributed by atoms with E-state index in [0.29, 0.717) is 29.1 Å². The molecule has 3 rings (SSSR count). The van der Waals surface area contributed by atoms with Crippen LogP contribution in [0, 0.1) is 5.41 Å². The number of carbonyl (C=O) groups is 1. The molecule has 0 bridgehead atoms. The number of rotatable bonds is 10. The maximum Gasteiger partial charge on any atom is 0.370 e. The van der Waals surface area contributed by atoms with E-state index >= 15 is 0 Å². The zero-order valence-corrected chi connectivity index (χ0v) is 23.2. The number of benzene rings is 2. The summed E-state index contributed by atoms with van der Waals surface area (Å²) in [7, 11) is 0.393. The predicted molar refractivity (Wildman–Crippen MR) is 149 cm³/mol. The Hall–Kier alpha value is -2.75. The van der Waals surface area contributed by atoms with Crippen molar-refractivity contribution in [2.75, 3.05) is 42.8 Å². The number of unbranched alkanes of at least 4 members (excludes halogenated alkanes) is 1. The van der Waals surface area contributed by atoms with E-state index in [-0.39, 0.29) is 23.5 Å². The number of ether oxygens (including phenoxy) is 2. The average Bonchev–Trinajstić information content (AvgIpc) is 2.98. The standard InChI is InChI=1S/C28H39FN2O5S/c1-6-9-15-28(7-2)19-31(21-13-11-10-12-14-21)24-16-23(30(4)5)25(17-26(24)37(33,34)20-28)36-18-22(29)27(32)35-8-3/h10-14,16-18,33-34H,6-9,15,19-20H2,1-5H3/b22-18-. The van der Waals surface area contributed by atoms with Gasteiger partial charge in [-0.05, 0) is 38.0 Å². The van der Waals surface area contributed by atoms with Gasteiger partial charge in [0.15, 0.2) is 5.75 Å². The van der Waals surface area contributed by atoms with Gasteiger partial charge in [-0.15, -0.1) is 0 Å². The van der Waals surface area contributed by atoms with Crippen LogP contribution in [0.25, 0.3) is 0 Å². The van der Waals surface area contributed by atoms with Gasteiger partial charge in [-0.3, -0.25) is 9.11 Å². The number of fused-ring (bicyclic) bond motifs is 1. The van der Waals surface area contributed by atoms with Gasteiger partial charge in [0.2, 0.25) is 5.83 Å². The van der Waals surface area contributed by atoms with Gasteiger partial charge in [-0.1, -0.05) is 44.9 Å². The summed E-state index contributed by atoms with van der Waals surface area (Å²) in [4.78, 5) is 16.0. The number of carbonyl (C=O) groups excluding carboxylic acids is 1. The van der Waals surface area contributed by atoms with Gasteiger partial charge in [0.05, 0.1) is 22.9 Å². The zero-order chi connectivity index (χ0) is 27.2. The lowest BCUT2D eigenvalue weighted by molar-refractivity contribution is -0.140. The third-order valence-electron chi connectivity index (χ3n) is 6.80. The molecule has 7 nitrogen and oxygen atoms in total. The third kappa shape index (κ3) is 6.58. The lowest BCUT2D eigenvalue weighted by atomic mass is 9.81. The Kier molecular flexibility index (Phi) is 9.50. The molecular weight excluding hydrogens is 495 g/mol. The van der Waals surface area contributed by atoms with Crippen molar-refractivity contribution in [2.24, 2.45) is 5.41 Å². The van der Waals surface area contributed by atoms with Crippen LogP contribution in [0.15, 0.2) is 59.4 Å². The molecule has 204 valence electrons. The number of esters is 1. The maximum absolute atomic E-state index is 14.3. The molecule has 37 heavy (non-hydrogen) atoms. The Morgan fingerprint density at radius 2 is 1.89 bits per heavy atom. The molecule has 0 radical (unpaired) electrons. The van der Waals surface area contributed by atoms with Gasteiger partial charge in [-0.2, -0.15) is 15.0 Å². The van der Waals surface area contributed by atoms with Crippen LogP contribution < -0.4 is 14.5 Å². The molecule has 9 heteroatoms. The van der Waals surface area contributed by atoms with Crippen molar-refractivity contribution in [1.29, 1.82) is 0 Å². The molecule has 0 saturated heterocycles. The van der Waals surface area contributed by atoms with E-state index < -0.39 is 22.4 Å². The van der Waals surface area contributed by atoms with Crippen molar-refractivity contribution in [3.8, 4) is 5.75 Å². The Labute approximate surface area is 221 Å². The van der Waals surface area contributed by atoms with Crippen LogP contribution in [0.1, 0.15) is 46.5 Å². The van der Waals surface area contributed by atoms with Crippen LogP contribution in [0.5, 0.6) is 5.75 Å². The highest BCUT2D eigenvalue weighted by Crippen LogP contribution is 2.62. The second-order valence-corrected chi connectivity index (χ2v) is 11.7. The van der Waals surface area contributed by atoms with Crippen molar-refractivity contribution < 1.29 is 27.8 Å². The van der Waals surface area contributed by atoms with Crippen LogP contribution >= 0.6 is 10.6 Å². The lowest BCUT2D eigenvalue weighted by Gasteiger charge is -2.41. The van der Waals surface area contributed by atoms with Crippen LogP contribution in [0.2, 0.25) is 0 Å². The minimum absolute atomic E-state index is 0.0370. The monoisotopic (exact) mass is 534 g/mol. The van der Waals surface area contributed by atoms with E-state index in [0.717, 1.165) is 31.4 Å². The maximum atomic E-state index is 14.3. The van der Waals surface area contributed by atoms with Crippen molar-refractivity contribution >= 4 is 33.6 Å². The van der Waals surface area contributed by atoms with Crippen molar-refractivity contribution in [1.82, 2.24) is 0 Å². The summed E-state index contributed by atoms with van der Waals surface area (Å²) in [5.74, 6) is -1.87. The molecule has 0 fully saturated rings. The normalized spacial score (nSPS) is 20.0. The molecule has 0 amide bonds. The fourth-order valence-corrected chi connectivity index (χ4v) is 6.97.